The zero-order valence-corrected chi connectivity index (χ0v) is 24.4. The normalized spacial score (nSPS) is 16.4. The standard InChI is InChI=1S/C29H30ClFN4O5S/c1-18-9-11-23(31)26(19(18)2)20(3)27(28-32-33-29(36)40-28)35-17-34(13-14-39-16-21-7-5-4-6-8-21)24-15-22(30)10-12-25(24)41(35,37)38/h4-12,15,20,27H,13-14,16-17H2,1-3H3,(H,33,36)/t20-,27+/m1/s1. The highest BCUT2D eigenvalue weighted by Gasteiger charge is 2.45. The number of hydrogen-bond donors (Lipinski definition) is 1. The molecular weight excluding hydrogens is 571 g/mol. The van der Waals surface area contributed by atoms with Crippen molar-refractivity contribution in [2.45, 2.75) is 44.2 Å². The molecule has 0 spiro atoms. The first-order valence-electron chi connectivity index (χ1n) is 13.1. The lowest BCUT2D eigenvalue weighted by atomic mass is 9.87. The van der Waals surface area contributed by atoms with Gasteiger partial charge in [-0.2, -0.15) is 4.31 Å². The summed E-state index contributed by atoms with van der Waals surface area (Å²) in [5, 5.41) is 6.59. The maximum atomic E-state index is 15.3. The summed E-state index contributed by atoms with van der Waals surface area (Å²) in [6, 6.07) is 16.1. The molecule has 1 aliphatic rings. The molecule has 41 heavy (non-hydrogen) atoms. The summed E-state index contributed by atoms with van der Waals surface area (Å²) in [7, 11) is -4.18. The second kappa shape index (κ2) is 11.8. The fourth-order valence-corrected chi connectivity index (χ4v) is 7.22. The van der Waals surface area contributed by atoms with Crippen LogP contribution >= 0.6 is 11.6 Å². The van der Waals surface area contributed by atoms with Gasteiger partial charge >= 0.3 is 5.76 Å². The number of fused-ring (bicyclic) bond motifs is 1. The zero-order chi connectivity index (χ0) is 29.3. The summed E-state index contributed by atoms with van der Waals surface area (Å²) in [6.45, 7) is 6.20. The number of nitrogens with zero attached hydrogens (tertiary/aromatic N) is 3. The molecule has 0 saturated heterocycles. The Bertz CT molecular complexity index is 1710. The van der Waals surface area contributed by atoms with Gasteiger partial charge in [-0.25, -0.2) is 22.7 Å². The van der Waals surface area contributed by atoms with Crippen LogP contribution in [0.2, 0.25) is 5.02 Å². The maximum Gasteiger partial charge on any atom is 0.434 e. The van der Waals surface area contributed by atoms with Crippen LogP contribution in [-0.2, 0) is 21.4 Å². The van der Waals surface area contributed by atoms with Crippen molar-refractivity contribution in [1.29, 1.82) is 0 Å². The minimum Gasteiger partial charge on any atom is -0.391 e. The summed E-state index contributed by atoms with van der Waals surface area (Å²) >= 11 is 6.28. The molecule has 9 nitrogen and oxygen atoms in total. The largest absolute Gasteiger partial charge is 0.434 e. The average Bonchev–Trinajstić information content (AvgIpc) is 3.37. The Morgan fingerprint density at radius 3 is 2.61 bits per heavy atom. The van der Waals surface area contributed by atoms with Gasteiger partial charge in [-0.1, -0.05) is 54.9 Å². The molecule has 12 heteroatoms. The first-order valence-corrected chi connectivity index (χ1v) is 14.9. The number of benzene rings is 3. The summed E-state index contributed by atoms with van der Waals surface area (Å²) in [4.78, 5) is 13.9. The van der Waals surface area contributed by atoms with Gasteiger partial charge in [0, 0.05) is 17.5 Å². The number of aromatic nitrogens is 2. The van der Waals surface area contributed by atoms with Crippen LogP contribution < -0.4 is 10.7 Å². The molecule has 2 heterocycles. The van der Waals surface area contributed by atoms with Crippen LogP contribution in [0.1, 0.15) is 47.0 Å². The fraction of sp³-hybridized carbons (Fsp3) is 0.310. The SMILES string of the molecule is Cc1ccc(F)c([C@@H](C)[C@@H](c2n[nH]c(=O)o2)N2CN(CCOCc3ccccc3)c3cc(Cl)ccc3S2(=O)=O)c1C. The second-order valence-corrected chi connectivity index (χ2v) is 12.3. The van der Waals surface area contributed by atoms with E-state index in [-0.39, 0.29) is 24.1 Å². The van der Waals surface area contributed by atoms with Crippen LogP contribution in [0.15, 0.2) is 74.8 Å². The van der Waals surface area contributed by atoms with Crippen LogP contribution in [0.3, 0.4) is 0 Å². The minimum absolute atomic E-state index is 0.0210. The molecule has 0 bridgehead atoms. The molecule has 4 aromatic rings. The van der Waals surface area contributed by atoms with E-state index >= 15 is 4.39 Å². The number of ether oxygens (including phenoxy) is 1. The van der Waals surface area contributed by atoms with E-state index in [0.29, 0.717) is 35.0 Å². The van der Waals surface area contributed by atoms with Crippen molar-refractivity contribution in [3.8, 4) is 0 Å². The van der Waals surface area contributed by atoms with Gasteiger partial charge in [-0.15, -0.1) is 5.10 Å². The second-order valence-electron chi connectivity index (χ2n) is 10.0. The zero-order valence-electron chi connectivity index (χ0n) is 22.8. The number of aryl methyl sites for hydroxylation is 1. The third kappa shape index (κ3) is 5.80. The van der Waals surface area contributed by atoms with Crippen molar-refractivity contribution in [3.05, 3.63) is 110 Å². The number of rotatable bonds is 9. The van der Waals surface area contributed by atoms with E-state index in [4.69, 9.17) is 20.8 Å². The van der Waals surface area contributed by atoms with Crippen molar-refractivity contribution >= 4 is 27.3 Å². The minimum atomic E-state index is -4.18. The van der Waals surface area contributed by atoms with Gasteiger partial charge in [0.15, 0.2) is 0 Å². The monoisotopic (exact) mass is 600 g/mol. The van der Waals surface area contributed by atoms with E-state index in [1.165, 1.54) is 22.5 Å². The number of hydrogen-bond acceptors (Lipinski definition) is 7. The van der Waals surface area contributed by atoms with Gasteiger partial charge in [0.05, 0.1) is 25.6 Å². The van der Waals surface area contributed by atoms with Gasteiger partial charge in [-0.3, -0.25) is 0 Å². The van der Waals surface area contributed by atoms with E-state index in [1.54, 1.807) is 26.0 Å². The van der Waals surface area contributed by atoms with E-state index < -0.39 is 33.6 Å². The molecule has 0 radical (unpaired) electrons. The average molecular weight is 601 g/mol. The Morgan fingerprint density at radius 1 is 1.15 bits per heavy atom. The first-order chi connectivity index (χ1) is 19.6. The van der Waals surface area contributed by atoms with E-state index in [9.17, 15) is 13.2 Å². The third-order valence-electron chi connectivity index (χ3n) is 7.45. The molecular formula is C29H30ClFN4O5S. The van der Waals surface area contributed by atoms with Crippen molar-refractivity contribution in [2.75, 3.05) is 24.7 Å². The molecule has 3 aromatic carbocycles. The third-order valence-corrected chi connectivity index (χ3v) is 9.55. The summed E-state index contributed by atoms with van der Waals surface area (Å²) in [5.41, 5.74) is 3.26. The number of halogens is 2. The van der Waals surface area contributed by atoms with Gasteiger partial charge in [0.25, 0.3) is 0 Å². The topological polar surface area (TPSA) is 109 Å². The quantitative estimate of drug-likeness (QED) is 0.260. The van der Waals surface area contributed by atoms with Crippen LogP contribution in [0.25, 0.3) is 0 Å². The molecule has 0 amide bonds. The molecule has 1 aromatic heterocycles. The van der Waals surface area contributed by atoms with Crippen LogP contribution in [0.4, 0.5) is 10.1 Å². The molecule has 1 aliphatic heterocycles. The lowest BCUT2D eigenvalue weighted by Crippen LogP contribution is -2.50. The van der Waals surface area contributed by atoms with E-state index in [1.807, 2.05) is 42.2 Å². The Kier molecular flexibility index (Phi) is 8.32. The Morgan fingerprint density at radius 2 is 1.90 bits per heavy atom. The van der Waals surface area contributed by atoms with Gasteiger partial charge in [0.2, 0.25) is 15.9 Å². The number of sulfonamides is 1. The van der Waals surface area contributed by atoms with Crippen LogP contribution in [0.5, 0.6) is 0 Å². The van der Waals surface area contributed by atoms with Gasteiger partial charge in [-0.05, 0) is 60.4 Å². The lowest BCUT2D eigenvalue weighted by molar-refractivity contribution is 0.124. The molecule has 216 valence electrons. The number of nitrogens with one attached hydrogen (secondary N) is 1. The number of anilines is 1. The fourth-order valence-electron chi connectivity index (χ4n) is 5.25. The van der Waals surface area contributed by atoms with Gasteiger partial charge < -0.3 is 14.1 Å². The van der Waals surface area contributed by atoms with E-state index in [0.717, 1.165) is 11.1 Å². The van der Waals surface area contributed by atoms with Crippen molar-refractivity contribution < 1.29 is 22.0 Å². The molecule has 5 rings (SSSR count). The molecule has 2 atom stereocenters. The highest BCUT2D eigenvalue weighted by molar-refractivity contribution is 7.89. The predicted molar refractivity (Wildman–Crippen MR) is 153 cm³/mol. The van der Waals surface area contributed by atoms with E-state index in [2.05, 4.69) is 10.2 Å². The predicted octanol–water partition coefficient (Wildman–Crippen LogP) is 5.30. The molecule has 0 unspecified atom stereocenters. The van der Waals surface area contributed by atoms with Crippen molar-refractivity contribution in [2.24, 2.45) is 0 Å². The first kappa shape index (κ1) is 29.0. The summed E-state index contributed by atoms with van der Waals surface area (Å²) < 4.78 is 56.0. The smallest absolute Gasteiger partial charge is 0.391 e. The van der Waals surface area contributed by atoms with Crippen molar-refractivity contribution in [1.82, 2.24) is 14.5 Å². The van der Waals surface area contributed by atoms with Crippen LogP contribution in [-0.4, -0.2) is 42.7 Å². The lowest BCUT2D eigenvalue weighted by Gasteiger charge is -2.42. The Balaban J connectivity index is 1.54. The van der Waals surface area contributed by atoms with Crippen molar-refractivity contribution in [3.63, 3.8) is 0 Å². The molecule has 1 N–H and O–H groups in total. The highest BCUT2D eigenvalue weighted by Crippen LogP contribution is 2.44. The Hall–Kier alpha value is -3.51. The summed E-state index contributed by atoms with van der Waals surface area (Å²) in [5.74, 6) is -2.27. The number of H-pyrrole nitrogens is 1. The maximum absolute atomic E-state index is 15.3. The van der Waals surface area contributed by atoms with Gasteiger partial charge in [0.1, 0.15) is 16.8 Å². The Labute approximate surface area is 242 Å². The molecule has 0 aliphatic carbocycles. The highest BCUT2D eigenvalue weighted by atomic mass is 35.5. The molecule has 0 saturated carbocycles. The number of aromatic amines is 1. The molecule has 0 fully saturated rings. The summed E-state index contributed by atoms with van der Waals surface area (Å²) in [6.07, 6.45) is 0. The van der Waals surface area contributed by atoms with Crippen LogP contribution in [0, 0.1) is 19.7 Å².